The molecule has 1 fully saturated rings. The second kappa shape index (κ2) is 8.02. The molecule has 0 amide bonds. The predicted molar refractivity (Wildman–Crippen MR) is 107 cm³/mol. The van der Waals surface area contributed by atoms with Gasteiger partial charge in [-0.15, -0.1) is 0 Å². The van der Waals surface area contributed by atoms with Crippen LogP contribution in [-0.4, -0.2) is 32.3 Å². The van der Waals surface area contributed by atoms with Crippen molar-refractivity contribution in [3.63, 3.8) is 0 Å². The van der Waals surface area contributed by atoms with Gasteiger partial charge in [0.1, 0.15) is 0 Å². The molecule has 2 N–H and O–H groups in total. The zero-order valence-electron chi connectivity index (χ0n) is 14.5. The molecule has 0 radical (unpaired) electrons. The summed E-state index contributed by atoms with van der Waals surface area (Å²) in [4.78, 5) is 12.2. The molecule has 0 atom stereocenters. The summed E-state index contributed by atoms with van der Waals surface area (Å²) in [5.74, 6) is -1.00. The smallest absolute Gasteiger partial charge is 0.238 e. The quantitative estimate of drug-likeness (QED) is 0.674. The number of sulfone groups is 1. The van der Waals surface area contributed by atoms with E-state index < -0.39 is 42.1 Å². The summed E-state index contributed by atoms with van der Waals surface area (Å²) in [7, 11) is -7.71. The molecule has 0 spiro atoms. The highest BCUT2D eigenvalue weighted by molar-refractivity contribution is 7.92. The molecule has 12 heteroatoms. The van der Waals surface area contributed by atoms with Gasteiger partial charge in [0.2, 0.25) is 21.3 Å². The van der Waals surface area contributed by atoms with Gasteiger partial charge in [-0.25, -0.2) is 16.8 Å². The third-order valence-corrected chi connectivity index (χ3v) is 8.18. The highest BCUT2D eigenvalue weighted by atomic mass is 35.5. The Balaban J connectivity index is 1.81. The van der Waals surface area contributed by atoms with E-state index in [9.17, 15) is 21.6 Å². The van der Waals surface area contributed by atoms with Crippen molar-refractivity contribution in [3.05, 3.63) is 50.1 Å². The zero-order chi connectivity index (χ0) is 20.5. The molecule has 8 nitrogen and oxygen atoms in total. The largest absolute Gasteiger partial charge is 0.286 e. The molecule has 0 unspecified atom stereocenters. The molecule has 2 aromatic rings. The lowest BCUT2D eigenvalue weighted by Gasteiger charge is -2.11. The van der Waals surface area contributed by atoms with E-state index in [1.165, 1.54) is 18.2 Å². The van der Waals surface area contributed by atoms with Crippen LogP contribution in [0.4, 0.5) is 5.82 Å². The molecule has 1 aliphatic rings. The Morgan fingerprint density at radius 3 is 2.21 bits per heavy atom. The number of benzene rings is 1. The van der Waals surface area contributed by atoms with Gasteiger partial charge < -0.3 is 0 Å². The van der Waals surface area contributed by atoms with Gasteiger partial charge >= 0.3 is 0 Å². The fourth-order valence-corrected chi connectivity index (χ4v) is 6.53. The number of hydrogen-bond donors (Lipinski definition) is 2. The molecule has 1 heterocycles. The Hall–Kier alpha value is -1.62. The summed E-state index contributed by atoms with van der Waals surface area (Å²) in [5.41, 5.74) is -0.523. The second-order valence-electron chi connectivity index (χ2n) is 6.54. The van der Waals surface area contributed by atoms with Gasteiger partial charge in [0.15, 0.2) is 14.9 Å². The Labute approximate surface area is 172 Å². The van der Waals surface area contributed by atoms with E-state index in [0.29, 0.717) is 18.4 Å². The Kier molecular flexibility index (Phi) is 6.04. The fourth-order valence-electron chi connectivity index (χ4n) is 3.08. The van der Waals surface area contributed by atoms with Crippen LogP contribution in [0.15, 0.2) is 34.1 Å². The summed E-state index contributed by atoms with van der Waals surface area (Å²) in [5, 5.41) is 5.59. The number of nitrogens with zero attached hydrogens (tertiary/aromatic N) is 1. The van der Waals surface area contributed by atoms with Crippen LogP contribution in [0.5, 0.6) is 0 Å². The van der Waals surface area contributed by atoms with E-state index in [4.69, 9.17) is 23.2 Å². The van der Waals surface area contributed by atoms with Crippen molar-refractivity contribution in [2.75, 3.05) is 4.72 Å². The maximum Gasteiger partial charge on any atom is 0.238 e. The van der Waals surface area contributed by atoms with Crippen molar-refractivity contribution < 1.29 is 16.8 Å². The molecule has 0 aliphatic heterocycles. The van der Waals surface area contributed by atoms with Gasteiger partial charge in [-0.1, -0.05) is 36.0 Å². The number of anilines is 1. The molecular weight excluding hydrogens is 449 g/mol. The topological polar surface area (TPSA) is 126 Å². The van der Waals surface area contributed by atoms with Crippen molar-refractivity contribution in [1.29, 1.82) is 0 Å². The van der Waals surface area contributed by atoms with Crippen molar-refractivity contribution >= 4 is 48.9 Å². The van der Waals surface area contributed by atoms with E-state index in [-0.39, 0.29) is 15.1 Å². The fraction of sp³-hybridized carbons (Fsp3) is 0.375. The van der Waals surface area contributed by atoms with Crippen LogP contribution in [0.1, 0.15) is 31.2 Å². The third-order valence-electron chi connectivity index (χ3n) is 4.35. The highest BCUT2D eigenvalue weighted by Gasteiger charge is 2.31. The lowest BCUT2D eigenvalue weighted by atomic mass is 10.2. The number of aromatic amines is 1. The molecule has 0 bridgehead atoms. The Bertz CT molecular complexity index is 1140. The maximum atomic E-state index is 12.5. The van der Waals surface area contributed by atoms with Crippen molar-refractivity contribution in [2.45, 2.75) is 41.7 Å². The summed E-state index contributed by atoms with van der Waals surface area (Å²) in [6.45, 7) is 0. The van der Waals surface area contributed by atoms with E-state index >= 15 is 0 Å². The molecule has 0 saturated heterocycles. The summed E-state index contributed by atoms with van der Waals surface area (Å²) >= 11 is 11.7. The number of hydrogen-bond acceptors (Lipinski definition) is 6. The first-order valence-corrected chi connectivity index (χ1v) is 12.3. The number of rotatable bonds is 6. The second-order valence-corrected chi connectivity index (χ2v) is 11.3. The third kappa shape index (κ3) is 4.86. The molecule has 28 heavy (non-hydrogen) atoms. The number of aromatic nitrogens is 2. The van der Waals surface area contributed by atoms with Crippen molar-refractivity contribution in [2.24, 2.45) is 0 Å². The van der Waals surface area contributed by atoms with Crippen molar-refractivity contribution in [1.82, 2.24) is 10.2 Å². The molecule has 152 valence electrons. The number of nitrogens with one attached hydrogen (secondary N) is 2. The minimum atomic E-state index is -4.01. The molecule has 1 saturated carbocycles. The molecule has 1 aromatic carbocycles. The minimum Gasteiger partial charge on any atom is -0.286 e. The van der Waals surface area contributed by atoms with Crippen LogP contribution < -0.4 is 10.2 Å². The monoisotopic (exact) mass is 465 g/mol. The molecular formula is C16H17Cl2N3O5S2. The lowest BCUT2D eigenvalue weighted by Crippen LogP contribution is -2.25. The first-order valence-electron chi connectivity index (χ1n) is 8.36. The molecule has 1 aliphatic carbocycles. The van der Waals surface area contributed by atoms with E-state index in [2.05, 4.69) is 14.9 Å². The SMILES string of the molecule is O=c1cc(S(=O)(=O)C2CCCC2)[nH]nc1NS(=O)(=O)Cc1cc(Cl)cc(Cl)c1. The van der Waals surface area contributed by atoms with E-state index in [1.54, 1.807) is 0 Å². The minimum absolute atomic E-state index is 0.273. The Morgan fingerprint density at radius 2 is 1.64 bits per heavy atom. The van der Waals surface area contributed by atoms with Gasteiger partial charge in [-0.2, -0.15) is 5.10 Å². The number of halogens is 2. The predicted octanol–water partition coefficient (Wildman–Crippen LogP) is 2.73. The van der Waals surface area contributed by atoms with E-state index in [0.717, 1.165) is 18.9 Å². The van der Waals surface area contributed by atoms with Gasteiger partial charge in [0.05, 0.1) is 11.0 Å². The molecule has 1 aromatic heterocycles. The maximum absolute atomic E-state index is 12.5. The zero-order valence-corrected chi connectivity index (χ0v) is 17.6. The number of sulfonamides is 1. The van der Waals surface area contributed by atoms with Crippen LogP contribution in [0.3, 0.4) is 0 Å². The summed E-state index contributed by atoms with van der Waals surface area (Å²) in [6.07, 6.45) is 2.68. The lowest BCUT2D eigenvalue weighted by molar-refractivity contribution is 0.573. The van der Waals surface area contributed by atoms with Crippen LogP contribution in [0.25, 0.3) is 0 Å². The number of H-pyrrole nitrogens is 1. The molecule has 3 rings (SSSR count). The van der Waals surface area contributed by atoms with Gasteiger partial charge in [0, 0.05) is 16.1 Å². The summed E-state index contributed by atoms with van der Waals surface area (Å²) in [6, 6.07) is 5.18. The average molecular weight is 466 g/mol. The van der Waals surface area contributed by atoms with Crippen LogP contribution in [0.2, 0.25) is 10.0 Å². The highest BCUT2D eigenvalue weighted by Crippen LogP contribution is 2.28. The first-order chi connectivity index (χ1) is 13.1. The van der Waals surface area contributed by atoms with Crippen LogP contribution in [-0.2, 0) is 25.6 Å². The average Bonchev–Trinajstić information content (AvgIpc) is 3.10. The van der Waals surface area contributed by atoms with Gasteiger partial charge in [-0.3, -0.25) is 14.6 Å². The van der Waals surface area contributed by atoms with Crippen molar-refractivity contribution in [3.8, 4) is 0 Å². The van der Waals surface area contributed by atoms with Gasteiger partial charge in [-0.05, 0) is 36.6 Å². The normalized spacial score (nSPS) is 15.6. The van der Waals surface area contributed by atoms with Crippen LogP contribution in [0, 0.1) is 0 Å². The Morgan fingerprint density at radius 1 is 1.04 bits per heavy atom. The van der Waals surface area contributed by atoms with Gasteiger partial charge in [0.25, 0.3) is 0 Å². The standard InChI is InChI=1S/C16H17Cl2N3O5S2/c17-11-5-10(6-12(18)7-11)9-27(23,24)21-16-14(22)8-15(19-20-16)28(25,26)13-3-1-2-4-13/h5-8,13H,1-4,9H2,(H,19,22)(H,20,21). The summed E-state index contributed by atoms with van der Waals surface area (Å²) < 4.78 is 51.7. The first kappa shape index (κ1) is 21.1. The van der Waals surface area contributed by atoms with E-state index in [1.807, 2.05) is 0 Å². The van der Waals surface area contributed by atoms with Crippen LogP contribution >= 0.6 is 23.2 Å².